The van der Waals surface area contributed by atoms with Gasteiger partial charge in [0.1, 0.15) is 19.3 Å². The van der Waals surface area contributed by atoms with Crippen LogP contribution in [0.2, 0.25) is 0 Å². The highest BCUT2D eigenvalue weighted by atomic mass is 31.2. The number of carbonyl (C=O) groups excluding carboxylic acids is 4. The summed E-state index contributed by atoms with van der Waals surface area (Å²) in [5.74, 6) is -0.570. The van der Waals surface area contributed by atoms with Gasteiger partial charge in [-0.3, -0.25) is 37.3 Å². The van der Waals surface area contributed by atoms with Crippen molar-refractivity contribution >= 4 is 39.5 Å². The molecule has 0 rings (SSSR count). The topological polar surface area (TPSA) is 237 Å². The number of carbonyl (C=O) groups is 4. The molecule has 2 unspecified atom stereocenters. The fourth-order valence-electron chi connectivity index (χ4n) is 12.2. The Balaban J connectivity index is 5.26. The number of unbranched alkanes of at least 4 members (excludes halogenated alkanes) is 48. The Morgan fingerprint density at radius 3 is 0.694 bits per heavy atom. The molecule has 0 aromatic carbocycles. The van der Waals surface area contributed by atoms with Gasteiger partial charge in [0.25, 0.3) is 0 Å². The van der Waals surface area contributed by atoms with Crippen LogP contribution in [0.25, 0.3) is 0 Å². The monoisotopic (exact) mass is 1440 g/mol. The molecule has 3 N–H and O–H groups in total. The molecule has 0 spiro atoms. The fraction of sp³-hybridized carbons (Fsp3) is 0.949. The summed E-state index contributed by atoms with van der Waals surface area (Å²) in [5, 5.41) is 10.6. The molecule has 0 radical (unpaired) electrons. The molecule has 0 aromatic heterocycles. The van der Waals surface area contributed by atoms with Crippen LogP contribution >= 0.6 is 15.6 Å². The van der Waals surface area contributed by atoms with Crippen LogP contribution in [0.5, 0.6) is 0 Å². The van der Waals surface area contributed by atoms with Gasteiger partial charge in [0.05, 0.1) is 26.4 Å². The predicted molar refractivity (Wildman–Crippen MR) is 400 cm³/mol. The standard InChI is InChI=1S/C79H154O17P2/c1-7-9-11-13-15-17-19-21-22-23-27-31-38-44-50-56-62-77(82)90-67-74(95-78(83)63-57-51-45-39-32-28-24-26-29-35-41-47-53-59-71(3)4)69-93-97(85,86)91-65-73(80)66-92-98(87,88)94-70-75(96-79(84)64-58-52-46-40-34-33-36-42-48-54-60-72(5)6)68-89-76(81)61-55-49-43-37-30-25-20-18-16-14-12-10-8-2/h71-75,80H,7-70H2,1-6H3,(H,85,86)(H,87,88)/t73-,74-,75-/m1/s1. The van der Waals surface area contributed by atoms with Crippen molar-refractivity contribution < 1.29 is 80.2 Å². The second-order valence-corrected chi connectivity index (χ2v) is 32.3. The number of esters is 4. The molecule has 0 aliphatic carbocycles. The van der Waals surface area contributed by atoms with Crippen molar-refractivity contribution in [2.24, 2.45) is 11.8 Å². The molecule has 0 aliphatic heterocycles. The highest BCUT2D eigenvalue weighted by molar-refractivity contribution is 7.47. The molecule has 0 bridgehead atoms. The van der Waals surface area contributed by atoms with Gasteiger partial charge in [0, 0.05) is 25.7 Å². The van der Waals surface area contributed by atoms with E-state index in [1.165, 1.54) is 231 Å². The maximum absolute atomic E-state index is 13.1. The van der Waals surface area contributed by atoms with Gasteiger partial charge in [-0.1, -0.05) is 363 Å². The second kappa shape index (κ2) is 70.7. The van der Waals surface area contributed by atoms with Crippen molar-refractivity contribution in [1.29, 1.82) is 0 Å². The minimum atomic E-state index is -4.96. The zero-order valence-electron chi connectivity index (χ0n) is 64.1. The summed E-state index contributed by atoms with van der Waals surface area (Å²) in [7, 11) is -9.92. The zero-order chi connectivity index (χ0) is 72.1. The van der Waals surface area contributed by atoms with Crippen LogP contribution in [0.4, 0.5) is 0 Å². The lowest BCUT2D eigenvalue weighted by atomic mass is 10.0. The molecule has 0 amide bonds. The summed E-state index contributed by atoms with van der Waals surface area (Å²) >= 11 is 0. The molecule has 5 atom stereocenters. The Labute approximate surface area is 600 Å². The van der Waals surface area contributed by atoms with Gasteiger partial charge in [0.2, 0.25) is 0 Å². The van der Waals surface area contributed by atoms with Crippen LogP contribution in [0.15, 0.2) is 0 Å². The van der Waals surface area contributed by atoms with E-state index in [1.54, 1.807) is 0 Å². The average Bonchev–Trinajstić information content (AvgIpc) is 1.01. The Bertz CT molecular complexity index is 1890. The molecule has 582 valence electrons. The number of aliphatic hydroxyl groups is 1. The fourth-order valence-corrected chi connectivity index (χ4v) is 13.8. The van der Waals surface area contributed by atoms with Crippen LogP contribution < -0.4 is 0 Å². The van der Waals surface area contributed by atoms with Crippen molar-refractivity contribution in [2.75, 3.05) is 39.6 Å². The van der Waals surface area contributed by atoms with Gasteiger partial charge >= 0.3 is 39.5 Å². The van der Waals surface area contributed by atoms with Gasteiger partial charge < -0.3 is 33.8 Å². The van der Waals surface area contributed by atoms with Crippen molar-refractivity contribution in [1.82, 2.24) is 0 Å². The van der Waals surface area contributed by atoms with Gasteiger partial charge in [-0.05, 0) is 37.5 Å². The van der Waals surface area contributed by atoms with E-state index in [-0.39, 0.29) is 25.7 Å². The lowest BCUT2D eigenvalue weighted by Gasteiger charge is -2.21. The first kappa shape index (κ1) is 96.1. The molecule has 0 heterocycles. The Kier molecular flexibility index (Phi) is 69.3. The molecule has 0 aromatic rings. The van der Waals surface area contributed by atoms with E-state index < -0.39 is 97.5 Å². The minimum absolute atomic E-state index is 0.107. The van der Waals surface area contributed by atoms with Gasteiger partial charge in [0.15, 0.2) is 12.2 Å². The molecule has 98 heavy (non-hydrogen) atoms. The number of hydrogen-bond acceptors (Lipinski definition) is 15. The van der Waals surface area contributed by atoms with Crippen LogP contribution in [-0.2, 0) is 65.4 Å². The van der Waals surface area contributed by atoms with E-state index >= 15 is 0 Å². The average molecular weight is 1440 g/mol. The zero-order valence-corrected chi connectivity index (χ0v) is 65.9. The highest BCUT2D eigenvalue weighted by Gasteiger charge is 2.30. The quantitative estimate of drug-likeness (QED) is 0.0222. The van der Waals surface area contributed by atoms with Crippen molar-refractivity contribution in [3.05, 3.63) is 0 Å². The first-order valence-electron chi connectivity index (χ1n) is 41.0. The van der Waals surface area contributed by atoms with Crippen molar-refractivity contribution in [2.45, 2.75) is 432 Å². The first-order valence-corrected chi connectivity index (χ1v) is 44.0. The van der Waals surface area contributed by atoms with E-state index in [1.807, 2.05) is 0 Å². The molecular formula is C79H154O17P2. The molecule has 0 aliphatic rings. The summed E-state index contributed by atoms with van der Waals surface area (Å²) < 4.78 is 68.7. The SMILES string of the molecule is CCCCCCCCCCCCCCCCCCC(=O)OC[C@H](COP(=O)(O)OC[C@@H](O)COP(=O)(O)OC[C@@H](COC(=O)CCCCCCCCCCCCCCC)OC(=O)CCCCCCCCCCCCC(C)C)OC(=O)CCCCCCCCCCCCCCCC(C)C. The molecule has 17 nitrogen and oxygen atoms in total. The molecular weight excluding hydrogens is 1280 g/mol. The van der Waals surface area contributed by atoms with E-state index in [0.717, 1.165) is 102 Å². The third-order valence-corrected chi connectivity index (χ3v) is 20.4. The van der Waals surface area contributed by atoms with Gasteiger partial charge in [-0.25, -0.2) is 9.13 Å². The third kappa shape index (κ3) is 72.4. The normalized spacial score (nSPS) is 13.9. The second-order valence-electron chi connectivity index (χ2n) is 29.4. The number of phosphoric ester groups is 2. The predicted octanol–water partition coefficient (Wildman–Crippen LogP) is 23.5. The highest BCUT2D eigenvalue weighted by Crippen LogP contribution is 2.45. The maximum Gasteiger partial charge on any atom is 0.472 e. The lowest BCUT2D eigenvalue weighted by molar-refractivity contribution is -0.161. The molecule has 0 saturated carbocycles. The van der Waals surface area contributed by atoms with E-state index in [9.17, 15) is 43.2 Å². The van der Waals surface area contributed by atoms with Crippen LogP contribution in [-0.4, -0.2) is 96.7 Å². The van der Waals surface area contributed by atoms with Crippen LogP contribution in [0, 0.1) is 11.8 Å². The van der Waals surface area contributed by atoms with Crippen LogP contribution in [0.1, 0.15) is 414 Å². The number of aliphatic hydroxyl groups excluding tert-OH is 1. The van der Waals surface area contributed by atoms with E-state index in [4.69, 9.17) is 37.0 Å². The molecule has 19 heteroatoms. The summed E-state index contributed by atoms with van der Waals surface area (Å²) in [6.45, 7) is 9.64. The van der Waals surface area contributed by atoms with E-state index in [0.29, 0.717) is 25.7 Å². The minimum Gasteiger partial charge on any atom is -0.462 e. The Morgan fingerprint density at radius 2 is 0.469 bits per heavy atom. The smallest absolute Gasteiger partial charge is 0.462 e. The largest absolute Gasteiger partial charge is 0.472 e. The van der Waals surface area contributed by atoms with Crippen molar-refractivity contribution in [3.63, 3.8) is 0 Å². The number of rotatable bonds is 78. The summed E-state index contributed by atoms with van der Waals surface area (Å²) in [5.41, 5.74) is 0. The molecule has 0 saturated heterocycles. The number of phosphoric acid groups is 2. The summed E-state index contributed by atoms with van der Waals surface area (Å²) in [4.78, 5) is 73.0. The van der Waals surface area contributed by atoms with Crippen LogP contribution in [0.3, 0.4) is 0 Å². The van der Waals surface area contributed by atoms with E-state index in [2.05, 4.69) is 41.5 Å². The summed E-state index contributed by atoms with van der Waals surface area (Å²) in [6.07, 6.45) is 59.5. The number of hydrogen-bond donors (Lipinski definition) is 3. The van der Waals surface area contributed by atoms with Gasteiger partial charge in [-0.2, -0.15) is 0 Å². The Morgan fingerprint density at radius 1 is 0.276 bits per heavy atom. The lowest BCUT2D eigenvalue weighted by Crippen LogP contribution is -2.30. The Hall–Kier alpha value is -1.94. The van der Waals surface area contributed by atoms with Gasteiger partial charge in [-0.15, -0.1) is 0 Å². The number of ether oxygens (including phenoxy) is 4. The maximum atomic E-state index is 13.1. The van der Waals surface area contributed by atoms with Crippen molar-refractivity contribution in [3.8, 4) is 0 Å². The third-order valence-electron chi connectivity index (χ3n) is 18.5. The molecule has 0 fully saturated rings. The first-order chi connectivity index (χ1) is 47.4. The summed E-state index contributed by atoms with van der Waals surface area (Å²) in [6, 6.07) is 0.